The fourth-order valence-corrected chi connectivity index (χ4v) is 3.27. The topological polar surface area (TPSA) is 61.0 Å². The van der Waals surface area contributed by atoms with Crippen molar-refractivity contribution in [2.45, 2.75) is 44.7 Å². The highest BCUT2D eigenvalue weighted by Crippen LogP contribution is 2.26. The number of hydrogen-bond acceptors (Lipinski definition) is 3. The maximum Gasteiger partial charge on any atom is 0.267 e. The Labute approximate surface area is 137 Å². The average Bonchev–Trinajstić information content (AvgIpc) is 3.15. The van der Waals surface area contributed by atoms with Crippen molar-refractivity contribution in [3.63, 3.8) is 0 Å². The summed E-state index contributed by atoms with van der Waals surface area (Å²) in [5.74, 6) is 0.885. The van der Waals surface area contributed by atoms with Crippen molar-refractivity contribution in [3.05, 3.63) is 47.9 Å². The number of anilines is 1. The van der Waals surface area contributed by atoms with Gasteiger partial charge in [0.05, 0.1) is 0 Å². The highest BCUT2D eigenvalue weighted by atomic mass is 16.1. The molecule has 1 aliphatic carbocycles. The summed E-state index contributed by atoms with van der Waals surface area (Å²) in [6.07, 6.45) is 9.95. The van der Waals surface area contributed by atoms with Crippen LogP contribution in [-0.2, 0) is 6.54 Å². The Morgan fingerprint density at radius 1 is 1.30 bits per heavy atom. The number of nitrogens with zero attached hydrogens (tertiary/aromatic N) is 2. The van der Waals surface area contributed by atoms with E-state index in [1.807, 2.05) is 24.4 Å². The van der Waals surface area contributed by atoms with Crippen molar-refractivity contribution in [2.24, 2.45) is 0 Å². The highest BCUT2D eigenvalue weighted by Gasteiger charge is 2.21. The van der Waals surface area contributed by atoms with Gasteiger partial charge in [0.2, 0.25) is 0 Å². The molecular weight excluding hydrogens is 288 g/mol. The number of carbonyl (C=O) groups is 1. The number of aromatic amines is 1. The van der Waals surface area contributed by atoms with E-state index in [2.05, 4.69) is 27.2 Å². The standard InChI is InChI=1S/C18H24N4O/c1-22(15-8-3-2-4-9-15)17-14(7-5-12-20-17)13-21-18(23)16-10-6-11-19-16/h5-7,10-12,15,19H,2-4,8-9,13H2,1H3,(H,21,23). The van der Waals surface area contributed by atoms with Crippen LogP contribution in [0.4, 0.5) is 5.82 Å². The molecule has 5 nitrogen and oxygen atoms in total. The van der Waals surface area contributed by atoms with E-state index in [0.717, 1.165) is 11.4 Å². The number of pyridine rings is 1. The van der Waals surface area contributed by atoms with Gasteiger partial charge in [0.25, 0.3) is 5.91 Å². The summed E-state index contributed by atoms with van der Waals surface area (Å²) in [5, 5.41) is 2.96. The summed E-state index contributed by atoms with van der Waals surface area (Å²) in [6.45, 7) is 0.484. The van der Waals surface area contributed by atoms with Crippen LogP contribution in [0.2, 0.25) is 0 Å². The van der Waals surface area contributed by atoms with Gasteiger partial charge in [-0.05, 0) is 31.0 Å². The summed E-state index contributed by atoms with van der Waals surface area (Å²) in [4.78, 5) is 21.9. The predicted octanol–water partition coefficient (Wildman–Crippen LogP) is 3.11. The Bertz CT molecular complexity index is 632. The van der Waals surface area contributed by atoms with E-state index in [1.165, 1.54) is 32.1 Å². The lowest BCUT2D eigenvalue weighted by Crippen LogP contribution is -2.35. The number of H-pyrrole nitrogens is 1. The molecule has 0 bridgehead atoms. The van der Waals surface area contributed by atoms with Crippen LogP contribution in [0.15, 0.2) is 36.7 Å². The van der Waals surface area contributed by atoms with Gasteiger partial charge in [0.1, 0.15) is 11.5 Å². The molecule has 2 aromatic rings. The summed E-state index contributed by atoms with van der Waals surface area (Å²) in [7, 11) is 2.12. The van der Waals surface area contributed by atoms with Crippen LogP contribution < -0.4 is 10.2 Å². The first-order valence-electron chi connectivity index (χ1n) is 8.34. The molecule has 122 valence electrons. The quantitative estimate of drug-likeness (QED) is 0.892. The fourth-order valence-electron chi connectivity index (χ4n) is 3.27. The molecule has 0 aliphatic heterocycles. The fraction of sp³-hybridized carbons (Fsp3) is 0.444. The summed E-state index contributed by atoms with van der Waals surface area (Å²) in [5.41, 5.74) is 1.64. The lowest BCUT2D eigenvalue weighted by atomic mass is 9.94. The third-order valence-corrected chi connectivity index (χ3v) is 4.61. The first-order valence-corrected chi connectivity index (χ1v) is 8.34. The van der Waals surface area contributed by atoms with Gasteiger partial charge < -0.3 is 15.2 Å². The Morgan fingerprint density at radius 3 is 2.87 bits per heavy atom. The number of aromatic nitrogens is 2. The molecule has 1 saturated carbocycles. The molecule has 0 atom stereocenters. The predicted molar refractivity (Wildman–Crippen MR) is 91.5 cm³/mol. The maximum absolute atomic E-state index is 12.1. The van der Waals surface area contributed by atoms with E-state index in [4.69, 9.17) is 0 Å². The van der Waals surface area contributed by atoms with Crippen LogP contribution in [0.1, 0.15) is 48.2 Å². The second-order valence-electron chi connectivity index (χ2n) is 6.16. The smallest absolute Gasteiger partial charge is 0.267 e. The second-order valence-corrected chi connectivity index (χ2v) is 6.16. The van der Waals surface area contributed by atoms with Crippen molar-refractivity contribution in [2.75, 3.05) is 11.9 Å². The minimum atomic E-state index is -0.0925. The molecule has 1 amide bonds. The minimum absolute atomic E-state index is 0.0925. The van der Waals surface area contributed by atoms with Gasteiger partial charge in [-0.2, -0.15) is 0 Å². The van der Waals surface area contributed by atoms with Gasteiger partial charge in [0, 0.05) is 37.6 Å². The summed E-state index contributed by atoms with van der Waals surface area (Å²) >= 11 is 0. The molecular formula is C18H24N4O. The largest absolute Gasteiger partial charge is 0.357 e. The van der Waals surface area contributed by atoms with Gasteiger partial charge in [-0.25, -0.2) is 4.98 Å². The molecule has 23 heavy (non-hydrogen) atoms. The van der Waals surface area contributed by atoms with Crippen LogP contribution in [0.25, 0.3) is 0 Å². The van der Waals surface area contributed by atoms with Crippen molar-refractivity contribution >= 4 is 11.7 Å². The Kier molecular flexibility index (Phi) is 4.95. The molecule has 0 unspecified atom stereocenters. The van der Waals surface area contributed by atoms with Crippen LogP contribution in [-0.4, -0.2) is 29.0 Å². The molecule has 2 heterocycles. The van der Waals surface area contributed by atoms with Crippen molar-refractivity contribution in [1.82, 2.24) is 15.3 Å². The van der Waals surface area contributed by atoms with E-state index in [1.54, 1.807) is 12.3 Å². The van der Waals surface area contributed by atoms with Crippen molar-refractivity contribution < 1.29 is 4.79 Å². The normalized spacial score (nSPS) is 15.3. The van der Waals surface area contributed by atoms with Gasteiger partial charge in [-0.3, -0.25) is 4.79 Å². The zero-order valence-electron chi connectivity index (χ0n) is 13.6. The van der Waals surface area contributed by atoms with E-state index in [9.17, 15) is 4.79 Å². The zero-order chi connectivity index (χ0) is 16.1. The first kappa shape index (κ1) is 15.6. The average molecular weight is 312 g/mol. The van der Waals surface area contributed by atoms with Gasteiger partial charge in [0.15, 0.2) is 0 Å². The van der Waals surface area contributed by atoms with Crippen molar-refractivity contribution in [1.29, 1.82) is 0 Å². The lowest BCUT2D eigenvalue weighted by Gasteiger charge is -2.33. The van der Waals surface area contributed by atoms with Crippen LogP contribution >= 0.6 is 0 Å². The Hall–Kier alpha value is -2.30. The third kappa shape index (κ3) is 3.73. The monoisotopic (exact) mass is 312 g/mol. The summed E-state index contributed by atoms with van der Waals surface area (Å²) in [6, 6.07) is 8.11. The van der Waals surface area contributed by atoms with Crippen LogP contribution in [0.5, 0.6) is 0 Å². The number of amides is 1. The van der Waals surface area contributed by atoms with E-state index in [-0.39, 0.29) is 5.91 Å². The molecule has 0 aromatic carbocycles. The van der Waals surface area contributed by atoms with E-state index < -0.39 is 0 Å². The first-order chi connectivity index (χ1) is 11.3. The lowest BCUT2D eigenvalue weighted by molar-refractivity contribution is 0.0946. The van der Waals surface area contributed by atoms with Gasteiger partial charge in [-0.1, -0.05) is 25.3 Å². The molecule has 1 aliphatic rings. The van der Waals surface area contributed by atoms with Gasteiger partial charge >= 0.3 is 0 Å². The van der Waals surface area contributed by atoms with E-state index >= 15 is 0 Å². The SMILES string of the molecule is CN(c1ncccc1CNC(=O)c1ccc[nH]1)C1CCCCC1. The minimum Gasteiger partial charge on any atom is -0.357 e. The molecule has 5 heteroatoms. The molecule has 0 spiro atoms. The number of rotatable bonds is 5. The molecule has 2 N–H and O–H groups in total. The molecule has 1 fully saturated rings. The number of carbonyl (C=O) groups excluding carboxylic acids is 1. The van der Waals surface area contributed by atoms with Gasteiger partial charge in [-0.15, -0.1) is 0 Å². The third-order valence-electron chi connectivity index (χ3n) is 4.61. The van der Waals surface area contributed by atoms with Crippen LogP contribution in [0.3, 0.4) is 0 Å². The number of hydrogen-bond donors (Lipinski definition) is 2. The van der Waals surface area contributed by atoms with Crippen molar-refractivity contribution in [3.8, 4) is 0 Å². The maximum atomic E-state index is 12.1. The molecule has 0 radical (unpaired) electrons. The Morgan fingerprint density at radius 2 is 2.13 bits per heavy atom. The molecule has 3 rings (SSSR count). The van der Waals surface area contributed by atoms with E-state index in [0.29, 0.717) is 18.3 Å². The highest BCUT2D eigenvalue weighted by molar-refractivity contribution is 5.92. The summed E-state index contributed by atoms with van der Waals surface area (Å²) < 4.78 is 0. The van der Waals surface area contributed by atoms with Crippen LogP contribution in [0, 0.1) is 0 Å². The Balaban J connectivity index is 1.68. The molecule has 2 aromatic heterocycles. The number of nitrogens with one attached hydrogen (secondary N) is 2. The molecule has 0 saturated heterocycles. The zero-order valence-corrected chi connectivity index (χ0v) is 13.6. The second kappa shape index (κ2) is 7.31.